The van der Waals surface area contributed by atoms with Gasteiger partial charge < -0.3 is 10.4 Å². The fourth-order valence-electron chi connectivity index (χ4n) is 3.48. The number of nitrogens with one attached hydrogen (secondary N) is 1. The molecule has 19 heavy (non-hydrogen) atoms. The Kier molecular flexibility index (Phi) is 3.31. The second-order valence-electron chi connectivity index (χ2n) is 6.01. The van der Waals surface area contributed by atoms with Crippen molar-refractivity contribution in [2.75, 3.05) is 6.61 Å². The Morgan fingerprint density at radius 3 is 2.32 bits per heavy atom. The topological polar surface area (TPSA) is 49.3 Å². The zero-order chi connectivity index (χ0) is 13.3. The Hall–Kier alpha value is -1.35. The molecule has 0 atom stereocenters. The Morgan fingerprint density at radius 1 is 1.21 bits per heavy atom. The average Bonchev–Trinajstić information content (AvgIpc) is 3.05. The maximum absolute atomic E-state index is 12.4. The van der Waals surface area contributed by atoms with Gasteiger partial charge in [0.25, 0.3) is 0 Å². The van der Waals surface area contributed by atoms with Gasteiger partial charge in [-0.25, -0.2) is 0 Å². The Bertz CT molecular complexity index is 452. The second-order valence-corrected chi connectivity index (χ2v) is 6.01. The summed E-state index contributed by atoms with van der Waals surface area (Å²) in [5, 5.41) is 12.7. The first-order chi connectivity index (χ1) is 9.22. The first-order valence-corrected chi connectivity index (χ1v) is 7.22. The third-order valence-electron chi connectivity index (χ3n) is 4.67. The molecule has 1 aromatic carbocycles. The lowest BCUT2D eigenvalue weighted by Gasteiger charge is -2.29. The van der Waals surface area contributed by atoms with E-state index in [0.29, 0.717) is 0 Å². The molecule has 0 spiro atoms. The van der Waals surface area contributed by atoms with Crippen molar-refractivity contribution in [3.05, 3.63) is 35.4 Å². The van der Waals surface area contributed by atoms with Crippen molar-refractivity contribution in [3.8, 4) is 0 Å². The molecule has 0 heterocycles. The van der Waals surface area contributed by atoms with Crippen LogP contribution in [0.5, 0.6) is 0 Å². The highest BCUT2D eigenvalue weighted by atomic mass is 16.3. The minimum absolute atomic E-state index is 0.0430. The van der Waals surface area contributed by atoms with Gasteiger partial charge in [-0.2, -0.15) is 0 Å². The first kappa shape index (κ1) is 12.7. The van der Waals surface area contributed by atoms with Crippen LogP contribution in [-0.4, -0.2) is 23.2 Å². The number of aliphatic hydroxyl groups is 1. The van der Waals surface area contributed by atoms with Crippen LogP contribution in [0.1, 0.15) is 36.8 Å². The van der Waals surface area contributed by atoms with Gasteiger partial charge in [-0.3, -0.25) is 4.79 Å². The molecule has 3 nitrogen and oxygen atoms in total. The molecule has 1 fully saturated rings. The van der Waals surface area contributed by atoms with E-state index in [-0.39, 0.29) is 24.0 Å². The Morgan fingerprint density at radius 2 is 1.79 bits per heavy atom. The molecule has 102 valence electrons. The van der Waals surface area contributed by atoms with Gasteiger partial charge in [0.15, 0.2) is 0 Å². The van der Waals surface area contributed by atoms with E-state index in [1.807, 2.05) is 12.1 Å². The highest BCUT2D eigenvalue weighted by Crippen LogP contribution is 2.31. The van der Waals surface area contributed by atoms with E-state index < -0.39 is 0 Å². The third kappa shape index (κ3) is 2.39. The second kappa shape index (κ2) is 4.97. The van der Waals surface area contributed by atoms with Gasteiger partial charge in [-0.05, 0) is 36.8 Å². The highest BCUT2D eigenvalue weighted by molar-refractivity contribution is 5.81. The van der Waals surface area contributed by atoms with E-state index in [0.717, 1.165) is 38.5 Å². The minimum Gasteiger partial charge on any atom is -0.394 e. The number of fused-ring (bicyclic) bond motifs is 1. The van der Waals surface area contributed by atoms with Crippen LogP contribution in [0.3, 0.4) is 0 Å². The zero-order valence-corrected chi connectivity index (χ0v) is 11.2. The van der Waals surface area contributed by atoms with Crippen LogP contribution in [0.15, 0.2) is 24.3 Å². The third-order valence-corrected chi connectivity index (χ3v) is 4.67. The van der Waals surface area contributed by atoms with Crippen molar-refractivity contribution in [1.82, 2.24) is 5.32 Å². The predicted octanol–water partition coefficient (Wildman–Crippen LogP) is 1.82. The predicted molar refractivity (Wildman–Crippen MR) is 73.8 cm³/mol. The lowest BCUT2D eigenvalue weighted by Crippen LogP contribution is -2.51. The van der Waals surface area contributed by atoms with Crippen LogP contribution in [0.25, 0.3) is 0 Å². The summed E-state index contributed by atoms with van der Waals surface area (Å²) in [4.78, 5) is 12.4. The standard InChI is InChI=1S/C16H21NO2/c18-11-16(7-3-4-8-16)17-15(19)14-9-12-5-1-2-6-13(12)10-14/h1-2,5-6,14,18H,3-4,7-11H2,(H,17,19). The Balaban J connectivity index is 1.67. The molecular formula is C16H21NO2. The summed E-state index contributed by atoms with van der Waals surface area (Å²) in [7, 11) is 0. The maximum Gasteiger partial charge on any atom is 0.224 e. The van der Waals surface area contributed by atoms with Crippen molar-refractivity contribution < 1.29 is 9.90 Å². The number of rotatable bonds is 3. The molecule has 2 aliphatic carbocycles. The van der Waals surface area contributed by atoms with Gasteiger partial charge >= 0.3 is 0 Å². The zero-order valence-electron chi connectivity index (χ0n) is 11.2. The summed E-state index contributed by atoms with van der Waals surface area (Å²) in [5.74, 6) is 0.161. The molecule has 2 aliphatic rings. The van der Waals surface area contributed by atoms with E-state index >= 15 is 0 Å². The smallest absolute Gasteiger partial charge is 0.224 e. The number of amides is 1. The fraction of sp³-hybridized carbons (Fsp3) is 0.562. The van der Waals surface area contributed by atoms with Crippen molar-refractivity contribution in [2.24, 2.45) is 5.92 Å². The van der Waals surface area contributed by atoms with E-state index in [2.05, 4.69) is 17.4 Å². The van der Waals surface area contributed by atoms with Crippen LogP contribution in [-0.2, 0) is 17.6 Å². The quantitative estimate of drug-likeness (QED) is 0.870. The molecule has 0 radical (unpaired) electrons. The summed E-state index contributed by atoms with van der Waals surface area (Å²) < 4.78 is 0. The molecule has 0 saturated heterocycles. The van der Waals surface area contributed by atoms with Crippen LogP contribution >= 0.6 is 0 Å². The van der Waals surface area contributed by atoms with Gasteiger partial charge in [-0.15, -0.1) is 0 Å². The molecule has 0 aromatic heterocycles. The largest absolute Gasteiger partial charge is 0.394 e. The molecular weight excluding hydrogens is 238 g/mol. The minimum atomic E-state index is -0.341. The first-order valence-electron chi connectivity index (χ1n) is 7.22. The summed E-state index contributed by atoms with van der Waals surface area (Å²) in [6, 6.07) is 8.29. The molecule has 0 aliphatic heterocycles. The fourth-order valence-corrected chi connectivity index (χ4v) is 3.48. The lowest BCUT2D eigenvalue weighted by molar-refractivity contribution is -0.127. The number of benzene rings is 1. The maximum atomic E-state index is 12.4. The summed E-state index contributed by atoms with van der Waals surface area (Å²) >= 11 is 0. The summed E-state index contributed by atoms with van der Waals surface area (Å²) in [6.07, 6.45) is 5.70. The molecule has 2 N–H and O–H groups in total. The molecule has 0 unspecified atom stereocenters. The summed E-state index contributed by atoms with van der Waals surface area (Å²) in [5.41, 5.74) is 2.26. The normalized spacial score (nSPS) is 21.3. The van der Waals surface area contributed by atoms with Crippen LogP contribution < -0.4 is 5.32 Å². The number of carbonyl (C=O) groups excluding carboxylic acids is 1. The van der Waals surface area contributed by atoms with Crippen molar-refractivity contribution in [2.45, 2.75) is 44.1 Å². The van der Waals surface area contributed by atoms with E-state index in [1.54, 1.807) is 0 Å². The molecule has 0 bridgehead atoms. The van der Waals surface area contributed by atoms with E-state index in [9.17, 15) is 9.90 Å². The van der Waals surface area contributed by atoms with Gasteiger partial charge in [0.2, 0.25) is 5.91 Å². The molecule has 1 saturated carbocycles. The van der Waals surface area contributed by atoms with E-state index in [1.165, 1.54) is 11.1 Å². The molecule has 1 aromatic rings. The number of aliphatic hydroxyl groups excluding tert-OH is 1. The SMILES string of the molecule is O=C(NC1(CO)CCCC1)C1Cc2ccccc2C1. The lowest BCUT2D eigenvalue weighted by atomic mass is 9.96. The van der Waals surface area contributed by atoms with Crippen molar-refractivity contribution in [1.29, 1.82) is 0 Å². The summed E-state index contributed by atoms with van der Waals surface area (Å²) in [6.45, 7) is 0.0679. The van der Waals surface area contributed by atoms with Crippen LogP contribution in [0, 0.1) is 5.92 Å². The van der Waals surface area contributed by atoms with Gasteiger partial charge in [0.1, 0.15) is 0 Å². The van der Waals surface area contributed by atoms with Gasteiger partial charge in [0, 0.05) is 5.92 Å². The van der Waals surface area contributed by atoms with E-state index in [4.69, 9.17) is 0 Å². The van der Waals surface area contributed by atoms with Crippen LogP contribution in [0.4, 0.5) is 0 Å². The van der Waals surface area contributed by atoms with Gasteiger partial charge in [0.05, 0.1) is 12.1 Å². The monoisotopic (exact) mass is 259 g/mol. The number of carbonyl (C=O) groups is 1. The molecule has 3 heteroatoms. The highest BCUT2D eigenvalue weighted by Gasteiger charge is 2.37. The van der Waals surface area contributed by atoms with Crippen molar-refractivity contribution >= 4 is 5.91 Å². The van der Waals surface area contributed by atoms with Crippen molar-refractivity contribution in [3.63, 3.8) is 0 Å². The number of hydrogen-bond acceptors (Lipinski definition) is 2. The van der Waals surface area contributed by atoms with Crippen LogP contribution in [0.2, 0.25) is 0 Å². The molecule has 3 rings (SSSR count). The average molecular weight is 259 g/mol. The van der Waals surface area contributed by atoms with Gasteiger partial charge in [-0.1, -0.05) is 37.1 Å². The Labute approximate surface area is 114 Å². The molecule has 1 amide bonds. The number of hydrogen-bond donors (Lipinski definition) is 2.